The van der Waals surface area contributed by atoms with Gasteiger partial charge in [0, 0.05) is 24.4 Å². The first-order valence-corrected chi connectivity index (χ1v) is 6.20. The van der Waals surface area contributed by atoms with E-state index in [1.807, 2.05) is 18.2 Å². The number of carbonyl (C=O) groups is 1. The fraction of sp³-hybridized carbons (Fsp3) is 0.133. The van der Waals surface area contributed by atoms with Gasteiger partial charge in [-0.2, -0.15) is 0 Å². The van der Waals surface area contributed by atoms with Crippen molar-refractivity contribution in [2.24, 2.45) is 0 Å². The largest absolute Gasteiger partial charge is 0.490 e. The highest BCUT2D eigenvalue weighted by atomic mass is 16.6. The fourth-order valence-corrected chi connectivity index (χ4v) is 1.93. The number of hydrogen-bond acceptors (Lipinski definition) is 4. The van der Waals surface area contributed by atoms with Crippen molar-refractivity contribution in [3.8, 4) is 5.75 Å². The second-order valence-electron chi connectivity index (χ2n) is 4.34. The molecule has 21 heavy (non-hydrogen) atoms. The van der Waals surface area contributed by atoms with Crippen LogP contribution in [0.4, 0.5) is 11.4 Å². The molecule has 0 aromatic heterocycles. The minimum Gasteiger partial charge on any atom is -0.490 e. The number of anilines is 1. The summed E-state index contributed by atoms with van der Waals surface area (Å²) in [5, 5.41) is 11.0. The molecule has 0 atom stereocenters. The molecule has 1 amide bonds. The molecule has 0 spiro atoms. The van der Waals surface area contributed by atoms with Crippen molar-refractivity contribution in [3.63, 3.8) is 0 Å². The van der Waals surface area contributed by atoms with Crippen molar-refractivity contribution in [2.75, 3.05) is 19.1 Å². The van der Waals surface area contributed by atoms with Gasteiger partial charge in [-0.25, -0.2) is 0 Å². The second-order valence-corrected chi connectivity index (χ2v) is 4.34. The number of methoxy groups -OCH3 is 1. The van der Waals surface area contributed by atoms with Gasteiger partial charge in [0.1, 0.15) is 0 Å². The van der Waals surface area contributed by atoms with Crippen LogP contribution in [0.1, 0.15) is 10.4 Å². The zero-order valence-electron chi connectivity index (χ0n) is 11.6. The summed E-state index contributed by atoms with van der Waals surface area (Å²) in [5.74, 6) is -0.203. The van der Waals surface area contributed by atoms with Gasteiger partial charge >= 0.3 is 5.69 Å². The van der Waals surface area contributed by atoms with Crippen LogP contribution >= 0.6 is 0 Å². The van der Waals surface area contributed by atoms with Crippen LogP contribution in [0.2, 0.25) is 0 Å². The highest BCUT2D eigenvalue weighted by molar-refractivity contribution is 6.06. The van der Waals surface area contributed by atoms with Crippen LogP contribution in [0.3, 0.4) is 0 Å². The maximum atomic E-state index is 12.4. The van der Waals surface area contributed by atoms with Crippen molar-refractivity contribution >= 4 is 17.3 Å². The smallest absolute Gasteiger partial charge is 0.311 e. The maximum Gasteiger partial charge on any atom is 0.311 e. The van der Waals surface area contributed by atoms with Crippen LogP contribution in [-0.2, 0) is 0 Å². The summed E-state index contributed by atoms with van der Waals surface area (Å²) in [6.07, 6.45) is 0. The molecular weight excluding hydrogens is 272 g/mol. The Kier molecular flexibility index (Phi) is 4.18. The van der Waals surface area contributed by atoms with Gasteiger partial charge in [-0.15, -0.1) is 0 Å². The molecule has 0 radical (unpaired) electrons. The standard InChI is InChI=1S/C15H14N2O4/c1-16(12-6-4-3-5-7-12)15(18)11-8-9-14(21-2)13(10-11)17(19)20/h3-10H,1-2H3. The lowest BCUT2D eigenvalue weighted by atomic mass is 10.1. The lowest BCUT2D eigenvalue weighted by molar-refractivity contribution is -0.385. The molecule has 2 rings (SSSR count). The van der Waals surface area contributed by atoms with Crippen molar-refractivity contribution in [2.45, 2.75) is 0 Å². The second kappa shape index (κ2) is 6.04. The first-order chi connectivity index (χ1) is 10.0. The van der Waals surface area contributed by atoms with Crippen LogP contribution in [0, 0.1) is 10.1 Å². The molecule has 2 aromatic carbocycles. The van der Waals surface area contributed by atoms with Crippen molar-refractivity contribution in [1.82, 2.24) is 0 Å². The molecule has 0 heterocycles. The molecule has 0 saturated carbocycles. The van der Waals surface area contributed by atoms with E-state index in [1.54, 1.807) is 19.2 Å². The molecule has 0 saturated heterocycles. The molecule has 0 aliphatic heterocycles. The number of hydrogen-bond donors (Lipinski definition) is 0. The maximum absolute atomic E-state index is 12.4. The molecule has 0 fully saturated rings. The summed E-state index contributed by atoms with van der Waals surface area (Å²) in [7, 11) is 2.97. The number of benzene rings is 2. The molecule has 0 aliphatic rings. The van der Waals surface area contributed by atoms with E-state index < -0.39 is 4.92 Å². The van der Waals surface area contributed by atoms with E-state index >= 15 is 0 Å². The van der Waals surface area contributed by atoms with Crippen LogP contribution in [0.15, 0.2) is 48.5 Å². The molecule has 0 aliphatic carbocycles. The first kappa shape index (κ1) is 14.5. The number of nitrogens with zero attached hydrogens (tertiary/aromatic N) is 2. The third kappa shape index (κ3) is 3.00. The van der Waals surface area contributed by atoms with E-state index in [1.165, 1.54) is 30.2 Å². The van der Waals surface area contributed by atoms with E-state index in [4.69, 9.17) is 4.74 Å². The Morgan fingerprint density at radius 1 is 1.19 bits per heavy atom. The Morgan fingerprint density at radius 2 is 1.86 bits per heavy atom. The van der Waals surface area contributed by atoms with Crippen molar-refractivity contribution in [1.29, 1.82) is 0 Å². The number of ether oxygens (including phenoxy) is 1. The van der Waals surface area contributed by atoms with Gasteiger partial charge in [0.25, 0.3) is 5.91 Å². The van der Waals surface area contributed by atoms with E-state index in [2.05, 4.69) is 0 Å². The zero-order chi connectivity index (χ0) is 15.4. The van der Waals surface area contributed by atoms with Crippen molar-refractivity contribution in [3.05, 3.63) is 64.2 Å². The van der Waals surface area contributed by atoms with Gasteiger partial charge in [-0.05, 0) is 24.3 Å². The van der Waals surface area contributed by atoms with Crippen LogP contribution in [-0.4, -0.2) is 25.0 Å². The summed E-state index contributed by atoms with van der Waals surface area (Å²) in [6, 6.07) is 13.2. The Hall–Kier alpha value is -2.89. The Morgan fingerprint density at radius 3 is 2.43 bits per heavy atom. The molecule has 0 unspecified atom stereocenters. The van der Waals surface area contributed by atoms with Crippen molar-refractivity contribution < 1.29 is 14.5 Å². The van der Waals surface area contributed by atoms with Gasteiger partial charge in [0.05, 0.1) is 12.0 Å². The summed E-state index contributed by atoms with van der Waals surface area (Å²) in [5.41, 5.74) is 0.708. The summed E-state index contributed by atoms with van der Waals surface area (Å²) in [4.78, 5) is 24.2. The number of carbonyl (C=O) groups excluding carboxylic acids is 1. The highest BCUT2D eigenvalue weighted by Crippen LogP contribution is 2.28. The van der Waals surface area contributed by atoms with E-state index in [9.17, 15) is 14.9 Å². The first-order valence-electron chi connectivity index (χ1n) is 6.20. The van der Waals surface area contributed by atoms with Gasteiger partial charge in [0.15, 0.2) is 5.75 Å². The Balaban J connectivity index is 2.36. The molecule has 6 heteroatoms. The number of amides is 1. The number of rotatable bonds is 4. The Labute approximate surface area is 121 Å². The molecule has 6 nitrogen and oxygen atoms in total. The van der Waals surface area contributed by atoms with E-state index in [-0.39, 0.29) is 22.9 Å². The minimum absolute atomic E-state index is 0.124. The summed E-state index contributed by atoms with van der Waals surface area (Å²) >= 11 is 0. The Bertz CT molecular complexity index is 671. The summed E-state index contributed by atoms with van der Waals surface area (Å²) < 4.78 is 4.92. The monoisotopic (exact) mass is 286 g/mol. The normalized spacial score (nSPS) is 10.0. The third-order valence-corrected chi connectivity index (χ3v) is 3.07. The topological polar surface area (TPSA) is 72.7 Å². The minimum atomic E-state index is -0.571. The van der Waals surface area contributed by atoms with Crippen LogP contribution < -0.4 is 9.64 Å². The average molecular weight is 286 g/mol. The van der Waals surface area contributed by atoms with E-state index in [0.717, 1.165) is 0 Å². The predicted molar refractivity (Wildman–Crippen MR) is 78.8 cm³/mol. The molecular formula is C15H14N2O4. The lowest BCUT2D eigenvalue weighted by Gasteiger charge is -2.17. The number of para-hydroxylation sites is 1. The molecule has 2 aromatic rings. The van der Waals surface area contributed by atoms with Crippen LogP contribution in [0.5, 0.6) is 5.75 Å². The highest BCUT2D eigenvalue weighted by Gasteiger charge is 2.20. The van der Waals surface area contributed by atoms with Gasteiger partial charge in [0.2, 0.25) is 0 Å². The lowest BCUT2D eigenvalue weighted by Crippen LogP contribution is -2.26. The summed E-state index contributed by atoms with van der Waals surface area (Å²) in [6.45, 7) is 0. The van der Waals surface area contributed by atoms with E-state index in [0.29, 0.717) is 5.69 Å². The quantitative estimate of drug-likeness (QED) is 0.640. The van der Waals surface area contributed by atoms with Gasteiger partial charge in [-0.1, -0.05) is 18.2 Å². The third-order valence-electron chi connectivity index (χ3n) is 3.07. The zero-order valence-corrected chi connectivity index (χ0v) is 11.6. The van der Waals surface area contributed by atoms with Gasteiger partial charge in [-0.3, -0.25) is 14.9 Å². The molecule has 0 bridgehead atoms. The SMILES string of the molecule is COc1ccc(C(=O)N(C)c2ccccc2)cc1[N+](=O)[O-]. The van der Waals surface area contributed by atoms with Gasteiger partial charge < -0.3 is 9.64 Å². The average Bonchev–Trinajstić information content (AvgIpc) is 2.53. The predicted octanol–water partition coefficient (Wildman–Crippen LogP) is 2.88. The molecule has 0 N–H and O–H groups in total. The van der Waals surface area contributed by atoms with Crippen LogP contribution in [0.25, 0.3) is 0 Å². The fourth-order valence-electron chi connectivity index (χ4n) is 1.93. The number of nitro benzene ring substituents is 1. The number of nitro groups is 1. The molecule has 108 valence electrons.